The predicted molar refractivity (Wildman–Crippen MR) is 104 cm³/mol. The smallest absolute Gasteiger partial charge is 0.260 e. The van der Waals surface area contributed by atoms with Crippen molar-refractivity contribution < 1.29 is 14.3 Å². The molecule has 0 unspecified atom stereocenters. The van der Waals surface area contributed by atoms with Gasteiger partial charge in [0.2, 0.25) is 0 Å². The molecule has 0 spiro atoms. The van der Waals surface area contributed by atoms with Crippen molar-refractivity contribution in [2.24, 2.45) is 0 Å². The van der Waals surface area contributed by atoms with Gasteiger partial charge in [-0.3, -0.25) is 4.79 Å². The molecule has 1 N–H and O–H groups in total. The summed E-state index contributed by atoms with van der Waals surface area (Å²) in [6.07, 6.45) is 0.202. The third-order valence-corrected chi connectivity index (χ3v) is 4.29. The topological polar surface area (TPSA) is 47.6 Å². The van der Waals surface area contributed by atoms with Crippen LogP contribution in [0, 0.1) is 0 Å². The molecule has 3 aromatic carbocycles. The van der Waals surface area contributed by atoms with E-state index in [0.717, 1.165) is 34.3 Å². The van der Waals surface area contributed by atoms with E-state index in [4.69, 9.17) is 9.47 Å². The van der Waals surface area contributed by atoms with Crippen LogP contribution in [0.5, 0.6) is 11.5 Å². The minimum atomic E-state index is -0.559. The molecule has 26 heavy (non-hydrogen) atoms. The van der Waals surface area contributed by atoms with E-state index in [2.05, 4.69) is 5.32 Å². The summed E-state index contributed by atoms with van der Waals surface area (Å²) in [4.78, 5) is 12.3. The maximum Gasteiger partial charge on any atom is 0.260 e. The van der Waals surface area contributed by atoms with E-state index in [0.29, 0.717) is 6.54 Å². The molecule has 0 fully saturated rings. The number of ether oxygens (including phenoxy) is 2. The van der Waals surface area contributed by atoms with E-state index in [9.17, 15) is 4.79 Å². The highest BCUT2D eigenvalue weighted by atomic mass is 16.5. The summed E-state index contributed by atoms with van der Waals surface area (Å²) in [7, 11) is 1.65. The monoisotopic (exact) mass is 349 g/mol. The fourth-order valence-electron chi connectivity index (χ4n) is 2.81. The first kappa shape index (κ1) is 17.8. The lowest BCUT2D eigenvalue weighted by Crippen LogP contribution is -2.37. The summed E-state index contributed by atoms with van der Waals surface area (Å²) in [6, 6.07) is 21.7. The Kier molecular flexibility index (Phi) is 5.74. The number of nitrogens with one attached hydrogen (secondary N) is 1. The van der Waals surface area contributed by atoms with Gasteiger partial charge < -0.3 is 14.8 Å². The highest BCUT2D eigenvalue weighted by molar-refractivity contribution is 5.89. The third-order valence-electron chi connectivity index (χ3n) is 4.29. The van der Waals surface area contributed by atoms with E-state index >= 15 is 0 Å². The average Bonchev–Trinajstić information content (AvgIpc) is 2.68. The summed E-state index contributed by atoms with van der Waals surface area (Å²) >= 11 is 0. The van der Waals surface area contributed by atoms with E-state index in [1.807, 2.05) is 66.7 Å². The molecule has 3 rings (SSSR count). The highest BCUT2D eigenvalue weighted by Gasteiger charge is 2.15. The molecule has 4 nitrogen and oxygen atoms in total. The summed E-state index contributed by atoms with van der Waals surface area (Å²) < 4.78 is 11.0. The Morgan fingerprint density at radius 1 is 1.00 bits per heavy atom. The van der Waals surface area contributed by atoms with Gasteiger partial charge in [0.25, 0.3) is 5.91 Å². The first-order valence-electron chi connectivity index (χ1n) is 8.72. The molecule has 134 valence electrons. The number of hydrogen-bond acceptors (Lipinski definition) is 3. The number of hydrogen-bond donors (Lipinski definition) is 1. The summed E-state index contributed by atoms with van der Waals surface area (Å²) in [5, 5.41) is 5.03. The van der Waals surface area contributed by atoms with E-state index in [1.54, 1.807) is 14.0 Å². The summed E-state index contributed by atoms with van der Waals surface area (Å²) in [6.45, 7) is 2.33. The number of carbonyl (C=O) groups is 1. The van der Waals surface area contributed by atoms with Gasteiger partial charge in [-0.05, 0) is 42.5 Å². The lowest BCUT2D eigenvalue weighted by molar-refractivity contribution is -0.127. The predicted octanol–water partition coefficient (Wildman–Crippen LogP) is 3.97. The molecule has 1 amide bonds. The molecule has 0 aliphatic carbocycles. The van der Waals surface area contributed by atoms with Crippen molar-refractivity contribution in [2.45, 2.75) is 19.4 Å². The molecule has 0 bridgehead atoms. The Labute approximate surface area is 153 Å². The van der Waals surface area contributed by atoms with E-state index < -0.39 is 6.10 Å². The molecule has 4 heteroatoms. The number of methoxy groups -OCH3 is 1. The van der Waals surface area contributed by atoms with Crippen LogP contribution in [0.25, 0.3) is 10.8 Å². The lowest BCUT2D eigenvalue weighted by Gasteiger charge is -2.16. The molecule has 0 heterocycles. The van der Waals surface area contributed by atoms with Gasteiger partial charge in [0.1, 0.15) is 11.5 Å². The van der Waals surface area contributed by atoms with E-state index in [-0.39, 0.29) is 5.91 Å². The lowest BCUT2D eigenvalue weighted by atomic mass is 10.1. The Morgan fingerprint density at radius 3 is 2.50 bits per heavy atom. The van der Waals surface area contributed by atoms with Crippen molar-refractivity contribution in [2.75, 3.05) is 13.7 Å². The number of fused-ring (bicyclic) bond motifs is 1. The molecule has 0 saturated carbocycles. The van der Waals surface area contributed by atoms with Crippen LogP contribution in [0.15, 0.2) is 66.7 Å². The zero-order valence-corrected chi connectivity index (χ0v) is 15.1. The third kappa shape index (κ3) is 4.33. The van der Waals surface area contributed by atoms with Gasteiger partial charge >= 0.3 is 0 Å². The zero-order valence-electron chi connectivity index (χ0n) is 15.1. The first-order chi connectivity index (χ1) is 12.7. The maximum absolute atomic E-state index is 12.3. The second-order valence-electron chi connectivity index (χ2n) is 6.13. The van der Waals surface area contributed by atoms with Crippen molar-refractivity contribution in [3.63, 3.8) is 0 Å². The minimum Gasteiger partial charge on any atom is -0.497 e. The van der Waals surface area contributed by atoms with Crippen molar-refractivity contribution >= 4 is 16.7 Å². The fourth-order valence-corrected chi connectivity index (χ4v) is 2.81. The van der Waals surface area contributed by atoms with Crippen molar-refractivity contribution in [3.8, 4) is 11.5 Å². The van der Waals surface area contributed by atoms with Gasteiger partial charge in [0.15, 0.2) is 6.10 Å². The second kappa shape index (κ2) is 8.39. The zero-order chi connectivity index (χ0) is 18.4. The Morgan fingerprint density at radius 2 is 1.73 bits per heavy atom. The van der Waals surface area contributed by atoms with Crippen LogP contribution >= 0.6 is 0 Å². The van der Waals surface area contributed by atoms with Gasteiger partial charge in [0, 0.05) is 11.9 Å². The first-order valence-corrected chi connectivity index (χ1v) is 8.72. The number of benzene rings is 3. The van der Waals surface area contributed by atoms with Crippen LogP contribution < -0.4 is 14.8 Å². The van der Waals surface area contributed by atoms with Gasteiger partial charge in [-0.15, -0.1) is 0 Å². The van der Waals surface area contributed by atoms with Gasteiger partial charge in [-0.25, -0.2) is 0 Å². The molecule has 0 aliphatic heterocycles. The van der Waals surface area contributed by atoms with Crippen molar-refractivity contribution in [3.05, 3.63) is 72.3 Å². The molecular formula is C22H23NO3. The summed E-state index contributed by atoms with van der Waals surface area (Å²) in [5.74, 6) is 1.43. The molecule has 0 aliphatic rings. The molecule has 0 radical (unpaired) electrons. The van der Waals surface area contributed by atoms with Crippen LogP contribution in [-0.4, -0.2) is 25.7 Å². The number of rotatable bonds is 7. The fraction of sp³-hybridized carbons (Fsp3) is 0.227. The van der Waals surface area contributed by atoms with Crippen molar-refractivity contribution in [1.82, 2.24) is 5.32 Å². The Bertz CT molecular complexity index is 869. The van der Waals surface area contributed by atoms with E-state index in [1.165, 1.54) is 0 Å². The van der Waals surface area contributed by atoms with Crippen molar-refractivity contribution in [1.29, 1.82) is 0 Å². The van der Waals surface area contributed by atoms with Crippen LogP contribution in [0.4, 0.5) is 0 Å². The number of amides is 1. The quantitative estimate of drug-likeness (QED) is 0.702. The molecule has 1 atom stereocenters. The molecule has 0 saturated heterocycles. The second-order valence-corrected chi connectivity index (χ2v) is 6.13. The highest BCUT2D eigenvalue weighted by Crippen LogP contribution is 2.26. The van der Waals surface area contributed by atoms with Crippen LogP contribution in [0.2, 0.25) is 0 Å². The maximum atomic E-state index is 12.3. The van der Waals surface area contributed by atoms with Crippen LogP contribution in [0.1, 0.15) is 12.5 Å². The average molecular weight is 349 g/mol. The normalized spacial score (nSPS) is 11.8. The van der Waals surface area contributed by atoms with Gasteiger partial charge in [0.05, 0.1) is 7.11 Å². The van der Waals surface area contributed by atoms with Gasteiger partial charge in [-0.1, -0.05) is 48.5 Å². The SMILES string of the molecule is COc1ccc(CCNC(=O)[C@H](C)Oc2cccc3ccccc23)cc1. The minimum absolute atomic E-state index is 0.119. The van der Waals surface area contributed by atoms with Crippen LogP contribution in [-0.2, 0) is 11.2 Å². The summed E-state index contributed by atoms with van der Waals surface area (Å²) in [5.41, 5.74) is 1.15. The Hall–Kier alpha value is -3.01. The molecular weight excluding hydrogens is 326 g/mol. The standard InChI is InChI=1S/C22H23NO3/c1-16(26-21-9-5-7-18-6-3-4-8-20(18)21)22(24)23-15-14-17-10-12-19(25-2)13-11-17/h3-13,16H,14-15H2,1-2H3,(H,23,24)/t16-/m0/s1. The van der Waals surface area contributed by atoms with Gasteiger partial charge in [-0.2, -0.15) is 0 Å². The molecule has 3 aromatic rings. The molecule has 0 aromatic heterocycles. The van der Waals surface area contributed by atoms with Crippen LogP contribution in [0.3, 0.4) is 0 Å². The Balaban J connectivity index is 1.54. The number of carbonyl (C=O) groups excluding carboxylic acids is 1. The largest absolute Gasteiger partial charge is 0.497 e.